The first-order valence-electron chi connectivity index (χ1n) is 7.69. The normalized spacial score (nSPS) is 14.1. The van der Waals surface area contributed by atoms with E-state index in [2.05, 4.69) is 6.07 Å². The molecule has 5 heteroatoms. The van der Waals surface area contributed by atoms with E-state index >= 15 is 0 Å². The molecule has 1 aromatic heterocycles. The summed E-state index contributed by atoms with van der Waals surface area (Å²) in [6.45, 7) is 5.44. The molecule has 0 unspecified atom stereocenters. The monoisotopic (exact) mass is 290 g/mol. The van der Waals surface area contributed by atoms with Crippen molar-refractivity contribution in [1.29, 1.82) is 5.41 Å². The van der Waals surface area contributed by atoms with Crippen molar-refractivity contribution in [1.82, 2.24) is 4.98 Å². The van der Waals surface area contributed by atoms with Crippen molar-refractivity contribution in [2.75, 3.05) is 25.1 Å². The van der Waals surface area contributed by atoms with Gasteiger partial charge in [-0.25, -0.2) is 4.98 Å². The van der Waals surface area contributed by atoms with Crippen LogP contribution in [-0.4, -0.2) is 37.1 Å². The fourth-order valence-electron chi connectivity index (χ4n) is 2.64. The Labute approximate surface area is 127 Å². The molecule has 0 fully saturated rings. The number of nitrogens with two attached hydrogens (primary N) is 1. The van der Waals surface area contributed by atoms with Crippen LogP contribution in [0.3, 0.4) is 0 Å². The fraction of sp³-hybridized carbons (Fsp3) is 0.625. The fourth-order valence-corrected chi connectivity index (χ4v) is 2.64. The number of hydrogen-bond donors (Lipinski definition) is 2. The number of nitrogens with zero attached hydrogens (tertiary/aromatic N) is 2. The van der Waals surface area contributed by atoms with Crippen molar-refractivity contribution in [3.63, 3.8) is 0 Å². The molecular formula is C16H26N4O. The molecule has 1 aromatic rings. The first kappa shape index (κ1) is 15.8. The number of rotatable bonds is 6. The molecule has 21 heavy (non-hydrogen) atoms. The van der Waals surface area contributed by atoms with Gasteiger partial charge in [0.15, 0.2) is 0 Å². The number of aromatic nitrogens is 1. The molecule has 3 N–H and O–H groups in total. The zero-order valence-electron chi connectivity index (χ0n) is 13.3. The van der Waals surface area contributed by atoms with Crippen molar-refractivity contribution in [3.8, 4) is 0 Å². The summed E-state index contributed by atoms with van der Waals surface area (Å²) in [5.41, 5.74) is 8.90. The number of hydrogen-bond acceptors (Lipinski definition) is 4. The zero-order valence-corrected chi connectivity index (χ0v) is 13.3. The van der Waals surface area contributed by atoms with Crippen LogP contribution in [0.5, 0.6) is 0 Å². The molecule has 0 aromatic carbocycles. The number of amidine groups is 1. The predicted octanol–water partition coefficient (Wildman–Crippen LogP) is 2.11. The van der Waals surface area contributed by atoms with Crippen molar-refractivity contribution in [2.45, 2.75) is 45.6 Å². The summed E-state index contributed by atoms with van der Waals surface area (Å²) in [7, 11) is 1.98. The van der Waals surface area contributed by atoms with E-state index in [0.29, 0.717) is 6.61 Å². The SMILES string of the molecule is CC(C)OCCN(C)c1nc2c(cc1C(=N)N)CCCC2. The summed E-state index contributed by atoms with van der Waals surface area (Å²) < 4.78 is 5.59. The lowest BCUT2D eigenvalue weighted by molar-refractivity contribution is 0.0845. The highest BCUT2D eigenvalue weighted by molar-refractivity contribution is 5.99. The Morgan fingerprint density at radius 2 is 2.14 bits per heavy atom. The smallest absolute Gasteiger partial charge is 0.139 e. The van der Waals surface area contributed by atoms with Gasteiger partial charge in [0.2, 0.25) is 0 Å². The third kappa shape index (κ3) is 3.94. The maximum absolute atomic E-state index is 7.81. The number of likely N-dealkylation sites (N-methyl/N-ethyl adjacent to an activating group) is 1. The molecule has 0 radical (unpaired) electrons. The number of ether oxygens (including phenoxy) is 1. The Kier molecular flexibility index (Phi) is 5.17. The molecule has 0 spiro atoms. The van der Waals surface area contributed by atoms with E-state index in [4.69, 9.17) is 20.9 Å². The van der Waals surface area contributed by atoms with Crippen molar-refractivity contribution in [2.24, 2.45) is 5.73 Å². The van der Waals surface area contributed by atoms with Gasteiger partial charge in [0, 0.05) is 19.3 Å². The van der Waals surface area contributed by atoms with Gasteiger partial charge >= 0.3 is 0 Å². The molecule has 2 rings (SSSR count). The molecule has 0 aliphatic heterocycles. The van der Waals surface area contributed by atoms with Crippen molar-refractivity contribution < 1.29 is 4.74 Å². The Bertz CT molecular complexity index is 513. The van der Waals surface area contributed by atoms with Gasteiger partial charge in [0.05, 0.1) is 18.3 Å². The predicted molar refractivity (Wildman–Crippen MR) is 86.3 cm³/mol. The number of anilines is 1. The summed E-state index contributed by atoms with van der Waals surface area (Å²) >= 11 is 0. The van der Waals surface area contributed by atoms with Crippen LogP contribution < -0.4 is 10.6 Å². The highest BCUT2D eigenvalue weighted by Crippen LogP contribution is 2.26. The Balaban J connectivity index is 2.21. The average Bonchev–Trinajstić information content (AvgIpc) is 2.45. The molecule has 0 saturated heterocycles. The van der Waals surface area contributed by atoms with E-state index in [-0.39, 0.29) is 11.9 Å². The third-order valence-corrected chi connectivity index (χ3v) is 3.81. The summed E-state index contributed by atoms with van der Waals surface area (Å²) in [6, 6.07) is 2.05. The summed E-state index contributed by atoms with van der Waals surface area (Å²) in [4.78, 5) is 6.82. The van der Waals surface area contributed by atoms with Crippen LogP contribution in [0.15, 0.2) is 6.07 Å². The zero-order chi connectivity index (χ0) is 15.4. The molecule has 1 aliphatic rings. The van der Waals surface area contributed by atoms with Crippen LogP contribution in [0, 0.1) is 5.41 Å². The largest absolute Gasteiger partial charge is 0.384 e. The number of fused-ring (bicyclic) bond motifs is 1. The molecule has 5 nitrogen and oxygen atoms in total. The van der Waals surface area contributed by atoms with E-state index in [1.54, 1.807) is 0 Å². The van der Waals surface area contributed by atoms with Crippen LogP contribution in [0.2, 0.25) is 0 Å². The van der Waals surface area contributed by atoms with E-state index in [1.165, 1.54) is 18.4 Å². The van der Waals surface area contributed by atoms with Gasteiger partial charge in [0.1, 0.15) is 11.7 Å². The summed E-state index contributed by atoms with van der Waals surface area (Å²) in [5, 5.41) is 7.81. The quantitative estimate of drug-likeness (QED) is 0.621. The minimum absolute atomic E-state index is 0.0856. The number of pyridine rings is 1. The second kappa shape index (κ2) is 6.89. The van der Waals surface area contributed by atoms with Gasteiger partial charge in [-0.3, -0.25) is 5.41 Å². The molecule has 0 amide bonds. The highest BCUT2D eigenvalue weighted by atomic mass is 16.5. The van der Waals surface area contributed by atoms with Crippen LogP contribution in [-0.2, 0) is 17.6 Å². The Morgan fingerprint density at radius 3 is 2.81 bits per heavy atom. The topological polar surface area (TPSA) is 75.2 Å². The molecule has 1 heterocycles. The maximum Gasteiger partial charge on any atom is 0.139 e. The van der Waals surface area contributed by atoms with Crippen molar-refractivity contribution in [3.05, 3.63) is 22.9 Å². The van der Waals surface area contributed by atoms with E-state index < -0.39 is 0 Å². The van der Waals surface area contributed by atoms with Gasteiger partial charge in [-0.1, -0.05) is 0 Å². The average molecular weight is 290 g/mol. The maximum atomic E-state index is 7.81. The lowest BCUT2D eigenvalue weighted by Crippen LogP contribution is -2.29. The molecule has 0 saturated carbocycles. The second-order valence-corrected chi connectivity index (χ2v) is 5.93. The highest BCUT2D eigenvalue weighted by Gasteiger charge is 2.18. The standard InChI is InChI=1S/C16H26N4O/c1-11(2)21-9-8-20(3)16-13(15(17)18)10-12-6-4-5-7-14(12)19-16/h10-11H,4-9H2,1-3H3,(H3,17,18). The summed E-state index contributed by atoms with van der Waals surface area (Å²) in [6.07, 6.45) is 4.68. The van der Waals surface area contributed by atoms with Crippen molar-refractivity contribution >= 4 is 11.7 Å². The van der Waals surface area contributed by atoms with Gasteiger partial charge in [-0.05, 0) is 51.2 Å². The first-order valence-corrected chi connectivity index (χ1v) is 7.69. The van der Waals surface area contributed by atoms with E-state index in [9.17, 15) is 0 Å². The first-order chi connectivity index (χ1) is 9.99. The third-order valence-electron chi connectivity index (χ3n) is 3.81. The lowest BCUT2D eigenvalue weighted by atomic mass is 9.94. The lowest BCUT2D eigenvalue weighted by Gasteiger charge is -2.25. The number of aryl methyl sites for hydroxylation is 2. The van der Waals surface area contributed by atoms with Crippen LogP contribution in [0.25, 0.3) is 0 Å². The molecular weight excluding hydrogens is 264 g/mol. The van der Waals surface area contributed by atoms with Crippen LogP contribution >= 0.6 is 0 Å². The minimum Gasteiger partial charge on any atom is -0.384 e. The Hall–Kier alpha value is -1.62. The van der Waals surface area contributed by atoms with Crippen LogP contribution in [0.4, 0.5) is 5.82 Å². The van der Waals surface area contributed by atoms with Crippen LogP contribution in [0.1, 0.15) is 43.5 Å². The Morgan fingerprint density at radius 1 is 1.43 bits per heavy atom. The molecule has 0 atom stereocenters. The molecule has 1 aliphatic carbocycles. The van der Waals surface area contributed by atoms with E-state index in [0.717, 1.165) is 36.5 Å². The van der Waals surface area contributed by atoms with Gasteiger partial charge in [0.25, 0.3) is 0 Å². The van der Waals surface area contributed by atoms with E-state index in [1.807, 2.05) is 25.8 Å². The van der Waals surface area contributed by atoms with Gasteiger partial charge < -0.3 is 15.4 Å². The summed E-state index contributed by atoms with van der Waals surface area (Å²) in [5.74, 6) is 0.887. The second-order valence-electron chi connectivity index (χ2n) is 5.93. The van der Waals surface area contributed by atoms with Gasteiger partial charge in [-0.2, -0.15) is 0 Å². The van der Waals surface area contributed by atoms with Gasteiger partial charge in [-0.15, -0.1) is 0 Å². The number of nitrogen functional groups attached to an aromatic ring is 1. The molecule has 0 bridgehead atoms. The number of nitrogens with one attached hydrogen (secondary N) is 1. The molecule has 116 valence electrons. The minimum atomic E-state index is 0.0856.